The van der Waals surface area contributed by atoms with E-state index >= 15 is 0 Å². The minimum Gasteiger partial charge on any atom is -0.316 e. The van der Waals surface area contributed by atoms with Gasteiger partial charge in [-0.05, 0) is 19.1 Å². The van der Waals surface area contributed by atoms with Gasteiger partial charge in [-0.15, -0.1) is 11.3 Å². The molecule has 0 saturated heterocycles. The van der Waals surface area contributed by atoms with Crippen molar-refractivity contribution in [1.29, 1.82) is 0 Å². The molecule has 0 aliphatic carbocycles. The zero-order chi connectivity index (χ0) is 9.10. The molecule has 3 nitrogen and oxygen atoms in total. The van der Waals surface area contributed by atoms with Gasteiger partial charge in [0.05, 0.1) is 5.69 Å². The SMILES string of the molecule is Cc1csc(Nc2ccccn2)n1. The molecule has 13 heavy (non-hydrogen) atoms. The molecule has 2 rings (SSSR count). The first-order valence-electron chi connectivity index (χ1n) is 3.95. The molecule has 0 saturated carbocycles. The lowest BCUT2D eigenvalue weighted by atomic mass is 10.5. The third-order valence-corrected chi connectivity index (χ3v) is 2.39. The molecule has 1 N–H and O–H groups in total. The molecule has 2 heterocycles. The smallest absolute Gasteiger partial charge is 0.188 e. The molecule has 0 fully saturated rings. The lowest BCUT2D eigenvalue weighted by Gasteiger charge is -1.98. The molecule has 0 amide bonds. The van der Waals surface area contributed by atoms with Crippen molar-refractivity contribution in [3.8, 4) is 0 Å². The number of hydrogen-bond donors (Lipinski definition) is 1. The van der Waals surface area contributed by atoms with Crippen LogP contribution < -0.4 is 5.32 Å². The Kier molecular flexibility index (Phi) is 2.23. The van der Waals surface area contributed by atoms with Crippen molar-refractivity contribution in [2.45, 2.75) is 6.92 Å². The second-order valence-electron chi connectivity index (χ2n) is 2.63. The van der Waals surface area contributed by atoms with E-state index in [4.69, 9.17) is 0 Å². The number of thiazole rings is 1. The Morgan fingerprint density at radius 2 is 2.31 bits per heavy atom. The van der Waals surface area contributed by atoms with Crippen molar-refractivity contribution in [2.75, 3.05) is 5.32 Å². The Bertz CT molecular complexity index is 383. The number of pyridine rings is 1. The van der Waals surface area contributed by atoms with Gasteiger partial charge in [-0.3, -0.25) is 0 Å². The number of rotatable bonds is 2. The van der Waals surface area contributed by atoms with Crippen molar-refractivity contribution < 1.29 is 0 Å². The molecule has 0 unspecified atom stereocenters. The van der Waals surface area contributed by atoms with Gasteiger partial charge in [0.2, 0.25) is 0 Å². The molecule has 2 aromatic heterocycles. The molecule has 0 spiro atoms. The molecule has 0 aromatic carbocycles. The average Bonchev–Trinajstić information content (AvgIpc) is 2.53. The molecule has 66 valence electrons. The summed E-state index contributed by atoms with van der Waals surface area (Å²) < 4.78 is 0. The molecule has 0 bridgehead atoms. The van der Waals surface area contributed by atoms with E-state index in [1.165, 1.54) is 0 Å². The number of aryl methyl sites for hydroxylation is 1. The highest BCUT2D eigenvalue weighted by molar-refractivity contribution is 7.13. The molecule has 0 aliphatic rings. The standard InChI is InChI=1S/C9H9N3S/c1-7-6-13-9(11-7)12-8-4-2-3-5-10-8/h2-6H,1H3,(H,10,11,12). The predicted octanol–water partition coefficient (Wildman–Crippen LogP) is 2.59. The Morgan fingerprint density at radius 3 is 2.92 bits per heavy atom. The Morgan fingerprint density at radius 1 is 1.38 bits per heavy atom. The summed E-state index contributed by atoms with van der Waals surface area (Å²) in [6.45, 7) is 1.97. The number of anilines is 2. The van der Waals surface area contributed by atoms with Gasteiger partial charge in [0.25, 0.3) is 0 Å². The van der Waals surface area contributed by atoms with Gasteiger partial charge in [-0.2, -0.15) is 0 Å². The molecule has 0 atom stereocenters. The fourth-order valence-corrected chi connectivity index (χ4v) is 1.65. The van der Waals surface area contributed by atoms with E-state index in [0.29, 0.717) is 0 Å². The topological polar surface area (TPSA) is 37.8 Å². The maximum Gasteiger partial charge on any atom is 0.188 e. The maximum absolute atomic E-state index is 4.27. The van der Waals surface area contributed by atoms with Crippen molar-refractivity contribution >= 4 is 22.3 Å². The zero-order valence-corrected chi connectivity index (χ0v) is 8.01. The summed E-state index contributed by atoms with van der Waals surface area (Å²) in [6, 6.07) is 5.74. The van der Waals surface area contributed by atoms with Crippen molar-refractivity contribution in [1.82, 2.24) is 9.97 Å². The van der Waals surface area contributed by atoms with Crippen LogP contribution in [-0.4, -0.2) is 9.97 Å². The molecular formula is C9H9N3S. The van der Waals surface area contributed by atoms with Crippen LogP contribution in [0.3, 0.4) is 0 Å². The van der Waals surface area contributed by atoms with Crippen LogP contribution in [0, 0.1) is 6.92 Å². The maximum atomic E-state index is 4.27. The van der Waals surface area contributed by atoms with Crippen LogP contribution >= 0.6 is 11.3 Å². The van der Waals surface area contributed by atoms with E-state index in [2.05, 4.69) is 15.3 Å². The fourth-order valence-electron chi connectivity index (χ4n) is 0.958. The molecule has 4 heteroatoms. The summed E-state index contributed by atoms with van der Waals surface area (Å²) in [5.41, 5.74) is 1.03. The van der Waals surface area contributed by atoms with Crippen molar-refractivity contribution in [3.63, 3.8) is 0 Å². The second-order valence-corrected chi connectivity index (χ2v) is 3.49. The Hall–Kier alpha value is -1.42. The number of aromatic nitrogens is 2. The first-order chi connectivity index (χ1) is 6.34. The lowest BCUT2D eigenvalue weighted by molar-refractivity contribution is 1.24. The van der Waals surface area contributed by atoms with Gasteiger partial charge in [0.15, 0.2) is 5.13 Å². The summed E-state index contributed by atoms with van der Waals surface area (Å²) in [7, 11) is 0. The highest BCUT2D eigenvalue weighted by atomic mass is 32.1. The summed E-state index contributed by atoms with van der Waals surface area (Å²) in [4.78, 5) is 8.41. The quantitative estimate of drug-likeness (QED) is 0.792. The summed E-state index contributed by atoms with van der Waals surface area (Å²) in [6.07, 6.45) is 1.75. The lowest BCUT2D eigenvalue weighted by Crippen LogP contribution is -1.91. The summed E-state index contributed by atoms with van der Waals surface area (Å²) in [5, 5.41) is 6.01. The second kappa shape index (κ2) is 3.53. The van der Waals surface area contributed by atoms with Gasteiger partial charge in [-0.25, -0.2) is 9.97 Å². The highest BCUT2D eigenvalue weighted by Gasteiger charge is 1.98. The number of nitrogens with one attached hydrogen (secondary N) is 1. The highest BCUT2D eigenvalue weighted by Crippen LogP contribution is 2.18. The van der Waals surface area contributed by atoms with Crippen LogP contribution in [0.15, 0.2) is 29.8 Å². The van der Waals surface area contributed by atoms with Crippen LogP contribution in [-0.2, 0) is 0 Å². The van der Waals surface area contributed by atoms with E-state index in [0.717, 1.165) is 16.6 Å². The van der Waals surface area contributed by atoms with Gasteiger partial charge in [-0.1, -0.05) is 6.07 Å². The van der Waals surface area contributed by atoms with Crippen molar-refractivity contribution in [3.05, 3.63) is 35.5 Å². The van der Waals surface area contributed by atoms with Gasteiger partial charge >= 0.3 is 0 Å². The zero-order valence-electron chi connectivity index (χ0n) is 7.19. The fraction of sp³-hybridized carbons (Fsp3) is 0.111. The minimum absolute atomic E-state index is 0.830. The molecular weight excluding hydrogens is 182 g/mol. The molecule has 0 radical (unpaired) electrons. The average molecular weight is 191 g/mol. The largest absolute Gasteiger partial charge is 0.316 e. The third kappa shape index (κ3) is 2.03. The first kappa shape index (κ1) is 8.19. The van der Waals surface area contributed by atoms with Crippen LogP contribution in [0.2, 0.25) is 0 Å². The predicted molar refractivity (Wildman–Crippen MR) is 54.4 cm³/mol. The van der Waals surface area contributed by atoms with E-state index in [9.17, 15) is 0 Å². The van der Waals surface area contributed by atoms with E-state index < -0.39 is 0 Å². The molecule has 2 aromatic rings. The first-order valence-corrected chi connectivity index (χ1v) is 4.83. The Labute approximate surface area is 80.5 Å². The molecule has 0 aliphatic heterocycles. The monoisotopic (exact) mass is 191 g/mol. The van der Waals surface area contributed by atoms with E-state index in [1.807, 2.05) is 30.5 Å². The summed E-state index contributed by atoms with van der Waals surface area (Å²) in [5.74, 6) is 0.830. The van der Waals surface area contributed by atoms with E-state index in [-0.39, 0.29) is 0 Å². The van der Waals surface area contributed by atoms with E-state index in [1.54, 1.807) is 17.5 Å². The van der Waals surface area contributed by atoms with Gasteiger partial charge < -0.3 is 5.32 Å². The number of hydrogen-bond acceptors (Lipinski definition) is 4. The van der Waals surface area contributed by atoms with Crippen LogP contribution in [0.1, 0.15) is 5.69 Å². The summed E-state index contributed by atoms with van der Waals surface area (Å²) >= 11 is 1.58. The normalized spacial score (nSPS) is 9.92. The van der Waals surface area contributed by atoms with Crippen LogP contribution in [0.5, 0.6) is 0 Å². The third-order valence-electron chi connectivity index (χ3n) is 1.52. The van der Waals surface area contributed by atoms with Crippen molar-refractivity contribution in [2.24, 2.45) is 0 Å². The van der Waals surface area contributed by atoms with Crippen LogP contribution in [0.25, 0.3) is 0 Å². The van der Waals surface area contributed by atoms with Gasteiger partial charge in [0, 0.05) is 11.6 Å². The number of nitrogens with zero attached hydrogens (tertiary/aromatic N) is 2. The van der Waals surface area contributed by atoms with Gasteiger partial charge in [0.1, 0.15) is 5.82 Å². The van der Waals surface area contributed by atoms with Crippen LogP contribution in [0.4, 0.5) is 10.9 Å². The Balaban J connectivity index is 2.15. The minimum atomic E-state index is 0.830.